The fraction of sp³-hybridized carbons (Fsp3) is 0.200. The monoisotopic (exact) mass is 306 g/mol. The number of halogens is 1. The SMILES string of the molecule is Nc1cccc2c1CCN(S(=O)(=O)c1cccc(F)c1)C2. The molecular formula is C15H15FN2O2S. The van der Waals surface area contributed by atoms with Gasteiger partial charge in [0.05, 0.1) is 4.90 Å². The molecule has 0 fully saturated rings. The van der Waals surface area contributed by atoms with Gasteiger partial charge in [-0.05, 0) is 41.8 Å². The molecule has 21 heavy (non-hydrogen) atoms. The van der Waals surface area contributed by atoms with Gasteiger partial charge in [0, 0.05) is 18.8 Å². The predicted octanol–water partition coefficient (Wildman–Crippen LogP) is 2.15. The Hall–Kier alpha value is -1.92. The lowest BCUT2D eigenvalue weighted by molar-refractivity contribution is 0.391. The first-order chi connectivity index (χ1) is 9.98. The topological polar surface area (TPSA) is 63.4 Å². The molecule has 0 amide bonds. The summed E-state index contributed by atoms with van der Waals surface area (Å²) in [6.07, 6.45) is 0.566. The summed E-state index contributed by atoms with van der Waals surface area (Å²) < 4.78 is 39.7. The van der Waals surface area contributed by atoms with Crippen LogP contribution in [0.15, 0.2) is 47.4 Å². The van der Waals surface area contributed by atoms with Crippen LogP contribution in [-0.4, -0.2) is 19.3 Å². The van der Waals surface area contributed by atoms with E-state index in [0.29, 0.717) is 18.7 Å². The Bertz CT molecular complexity index is 790. The van der Waals surface area contributed by atoms with Gasteiger partial charge in [0.2, 0.25) is 10.0 Å². The van der Waals surface area contributed by atoms with Crippen LogP contribution in [0.2, 0.25) is 0 Å². The molecule has 3 rings (SSSR count). The molecule has 0 aromatic heterocycles. The summed E-state index contributed by atoms with van der Waals surface area (Å²) in [5.41, 5.74) is 8.51. The smallest absolute Gasteiger partial charge is 0.243 e. The van der Waals surface area contributed by atoms with Crippen LogP contribution >= 0.6 is 0 Å². The van der Waals surface area contributed by atoms with E-state index in [4.69, 9.17) is 5.73 Å². The van der Waals surface area contributed by atoms with E-state index in [1.165, 1.54) is 22.5 Å². The highest BCUT2D eigenvalue weighted by molar-refractivity contribution is 7.89. The number of fused-ring (bicyclic) bond motifs is 1. The van der Waals surface area contributed by atoms with Crippen molar-refractivity contribution in [3.8, 4) is 0 Å². The Labute approximate surface area is 123 Å². The highest BCUT2D eigenvalue weighted by atomic mass is 32.2. The summed E-state index contributed by atoms with van der Waals surface area (Å²) in [6, 6.07) is 10.6. The maximum atomic E-state index is 13.3. The van der Waals surface area contributed by atoms with Crippen molar-refractivity contribution >= 4 is 15.7 Å². The molecule has 2 aromatic rings. The van der Waals surface area contributed by atoms with Crippen molar-refractivity contribution in [2.75, 3.05) is 12.3 Å². The van der Waals surface area contributed by atoms with Crippen LogP contribution in [-0.2, 0) is 23.0 Å². The van der Waals surface area contributed by atoms with Gasteiger partial charge in [-0.3, -0.25) is 0 Å². The second-order valence-electron chi connectivity index (χ2n) is 5.03. The molecule has 0 bridgehead atoms. The van der Waals surface area contributed by atoms with Crippen LogP contribution in [0.5, 0.6) is 0 Å². The molecule has 4 nitrogen and oxygen atoms in total. The van der Waals surface area contributed by atoms with Crippen molar-refractivity contribution in [2.24, 2.45) is 0 Å². The summed E-state index contributed by atoms with van der Waals surface area (Å²) in [5.74, 6) is -0.558. The molecule has 2 aromatic carbocycles. The molecule has 1 heterocycles. The Morgan fingerprint density at radius 3 is 2.67 bits per heavy atom. The molecule has 0 aliphatic carbocycles. The zero-order valence-corrected chi connectivity index (χ0v) is 12.1. The van der Waals surface area contributed by atoms with Crippen molar-refractivity contribution in [2.45, 2.75) is 17.9 Å². The average Bonchev–Trinajstić information content (AvgIpc) is 2.47. The number of nitrogen functional groups attached to an aromatic ring is 1. The minimum absolute atomic E-state index is 0.0187. The number of hydrogen-bond acceptors (Lipinski definition) is 3. The van der Waals surface area contributed by atoms with Gasteiger partial charge in [0.15, 0.2) is 0 Å². The van der Waals surface area contributed by atoms with Gasteiger partial charge < -0.3 is 5.73 Å². The Morgan fingerprint density at radius 1 is 1.14 bits per heavy atom. The molecule has 110 valence electrons. The van der Waals surface area contributed by atoms with E-state index in [1.54, 1.807) is 0 Å². The first-order valence-corrected chi connectivity index (χ1v) is 8.04. The van der Waals surface area contributed by atoms with Crippen LogP contribution in [0.1, 0.15) is 11.1 Å². The summed E-state index contributed by atoms with van der Waals surface area (Å²) in [7, 11) is -3.69. The molecule has 0 unspecified atom stereocenters. The van der Waals surface area contributed by atoms with Crippen LogP contribution in [0.4, 0.5) is 10.1 Å². The predicted molar refractivity (Wildman–Crippen MR) is 78.6 cm³/mol. The number of rotatable bonds is 2. The van der Waals surface area contributed by atoms with E-state index in [1.807, 2.05) is 18.2 Å². The lowest BCUT2D eigenvalue weighted by atomic mass is 9.99. The lowest BCUT2D eigenvalue weighted by Crippen LogP contribution is -2.36. The first kappa shape index (κ1) is 14.0. The third kappa shape index (κ3) is 2.52. The van der Waals surface area contributed by atoms with Crippen molar-refractivity contribution in [3.63, 3.8) is 0 Å². The van der Waals surface area contributed by atoms with Gasteiger partial charge in [0.25, 0.3) is 0 Å². The molecule has 0 saturated carbocycles. The molecule has 0 atom stereocenters. The van der Waals surface area contributed by atoms with Crippen LogP contribution in [0, 0.1) is 5.82 Å². The molecule has 1 aliphatic rings. The first-order valence-electron chi connectivity index (χ1n) is 6.60. The normalized spacial score (nSPS) is 15.7. The third-order valence-electron chi connectivity index (χ3n) is 3.70. The van der Waals surface area contributed by atoms with E-state index in [-0.39, 0.29) is 11.4 Å². The maximum absolute atomic E-state index is 13.3. The molecule has 0 radical (unpaired) electrons. The fourth-order valence-electron chi connectivity index (χ4n) is 2.59. The number of nitrogens with two attached hydrogens (primary N) is 1. The third-order valence-corrected chi connectivity index (χ3v) is 5.54. The summed E-state index contributed by atoms with van der Waals surface area (Å²) >= 11 is 0. The largest absolute Gasteiger partial charge is 0.398 e. The van der Waals surface area contributed by atoms with E-state index >= 15 is 0 Å². The molecule has 1 aliphatic heterocycles. The number of nitrogens with zero attached hydrogens (tertiary/aromatic N) is 1. The van der Waals surface area contributed by atoms with Crippen molar-refractivity contribution in [1.82, 2.24) is 4.31 Å². The molecular weight excluding hydrogens is 291 g/mol. The van der Waals surface area contributed by atoms with E-state index in [9.17, 15) is 12.8 Å². The van der Waals surface area contributed by atoms with Gasteiger partial charge in [-0.15, -0.1) is 0 Å². The van der Waals surface area contributed by atoms with Crippen molar-refractivity contribution in [1.29, 1.82) is 0 Å². The molecule has 6 heteroatoms. The van der Waals surface area contributed by atoms with Crippen LogP contribution in [0.3, 0.4) is 0 Å². The van der Waals surface area contributed by atoms with Gasteiger partial charge >= 0.3 is 0 Å². The standard InChI is InChI=1S/C15H15FN2O2S/c16-12-4-2-5-13(9-12)21(19,20)18-8-7-14-11(10-18)3-1-6-15(14)17/h1-6,9H,7-8,10,17H2. The molecule has 0 spiro atoms. The zero-order chi connectivity index (χ0) is 15.0. The zero-order valence-electron chi connectivity index (χ0n) is 11.3. The van der Waals surface area contributed by atoms with Crippen molar-refractivity contribution in [3.05, 3.63) is 59.4 Å². The van der Waals surface area contributed by atoms with Gasteiger partial charge in [-0.2, -0.15) is 4.31 Å². The molecule has 2 N–H and O–H groups in total. The number of hydrogen-bond donors (Lipinski definition) is 1. The fourth-order valence-corrected chi connectivity index (χ4v) is 4.05. The van der Waals surface area contributed by atoms with Crippen molar-refractivity contribution < 1.29 is 12.8 Å². The number of anilines is 1. The highest BCUT2D eigenvalue weighted by Gasteiger charge is 2.29. The van der Waals surface area contributed by atoms with Crippen LogP contribution < -0.4 is 5.73 Å². The maximum Gasteiger partial charge on any atom is 0.243 e. The quantitative estimate of drug-likeness (QED) is 0.865. The summed E-state index contributed by atoms with van der Waals surface area (Å²) in [5, 5.41) is 0. The van der Waals surface area contributed by atoms with Gasteiger partial charge in [-0.1, -0.05) is 18.2 Å². The lowest BCUT2D eigenvalue weighted by Gasteiger charge is -2.28. The Balaban J connectivity index is 1.95. The Kier molecular flexibility index (Phi) is 3.43. The number of benzene rings is 2. The van der Waals surface area contributed by atoms with Crippen LogP contribution in [0.25, 0.3) is 0 Å². The minimum Gasteiger partial charge on any atom is -0.398 e. The van der Waals surface area contributed by atoms with E-state index in [0.717, 1.165) is 17.2 Å². The average molecular weight is 306 g/mol. The second kappa shape index (κ2) is 5.13. The summed E-state index contributed by atoms with van der Waals surface area (Å²) in [4.78, 5) is -0.0187. The number of sulfonamides is 1. The Morgan fingerprint density at radius 2 is 1.90 bits per heavy atom. The van der Waals surface area contributed by atoms with E-state index < -0.39 is 15.8 Å². The highest BCUT2D eigenvalue weighted by Crippen LogP contribution is 2.28. The summed E-state index contributed by atoms with van der Waals surface area (Å²) in [6.45, 7) is 0.610. The minimum atomic E-state index is -3.69. The van der Waals surface area contributed by atoms with Gasteiger partial charge in [0.1, 0.15) is 5.82 Å². The second-order valence-corrected chi connectivity index (χ2v) is 6.97. The molecule has 0 saturated heterocycles. The van der Waals surface area contributed by atoms with Gasteiger partial charge in [-0.25, -0.2) is 12.8 Å². The van der Waals surface area contributed by atoms with E-state index in [2.05, 4.69) is 0 Å².